The number of hydrogen-bond acceptors (Lipinski definition) is 4. The number of alkyl carbamates (subject to hydrolysis) is 1. The molecule has 0 radical (unpaired) electrons. The standard InChI is InChI=1S/C29H36N2O3/c1-2-17-33-24-6-3-20(4-7-24)22-5-8-25-23(18-22)9-12-29(13-14-29)27(25)30-28(32)34-26-19-31-15-10-21(26)11-16-31/h3-8,18,21,26-27H,2,9-17,19H2,1H3,(H,30,32)/t26-,27?/m1/s1. The van der Waals surface area contributed by atoms with Gasteiger partial charge in [-0.05, 0) is 104 Å². The van der Waals surface area contributed by atoms with E-state index in [9.17, 15) is 4.79 Å². The Balaban J connectivity index is 1.18. The highest BCUT2D eigenvalue weighted by molar-refractivity contribution is 5.70. The van der Waals surface area contributed by atoms with Crippen LogP contribution in [0.3, 0.4) is 0 Å². The molecule has 3 heterocycles. The molecule has 1 N–H and O–H groups in total. The van der Waals surface area contributed by atoms with Crippen LogP contribution in [-0.2, 0) is 11.2 Å². The monoisotopic (exact) mass is 460 g/mol. The third kappa shape index (κ3) is 4.19. The van der Waals surface area contributed by atoms with Gasteiger partial charge >= 0.3 is 6.09 Å². The lowest BCUT2D eigenvalue weighted by molar-refractivity contribution is -0.0347. The molecule has 5 heteroatoms. The van der Waals surface area contributed by atoms with E-state index in [0.717, 1.165) is 64.1 Å². The second kappa shape index (κ2) is 8.92. The second-order valence-corrected chi connectivity index (χ2v) is 10.8. The largest absolute Gasteiger partial charge is 0.494 e. The SMILES string of the molecule is CCCOc1ccc(-c2ccc3c(c2)CCC2(CC2)C3NC(=O)O[C@@H]2CN3CCC2CC3)cc1. The minimum Gasteiger partial charge on any atom is -0.494 e. The molecule has 2 aliphatic carbocycles. The molecule has 1 saturated carbocycles. The predicted octanol–water partition coefficient (Wildman–Crippen LogP) is 5.73. The smallest absolute Gasteiger partial charge is 0.407 e. The lowest BCUT2D eigenvalue weighted by atomic mass is 9.76. The summed E-state index contributed by atoms with van der Waals surface area (Å²) >= 11 is 0. The summed E-state index contributed by atoms with van der Waals surface area (Å²) in [6, 6.07) is 15.2. The number of hydrogen-bond donors (Lipinski definition) is 1. The molecule has 5 nitrogen and oxygen atoms in total. The van der Waals surface area contributed by atoms with Crippen LogP contribution in [0.1, 0.15) is 62.6 Å². The average molecular weight is 461 g/mol. The summed E-state index contributed by atoms with van der Waals surface area (Å²) < 4.78 is 11.7. The van der Waals surface area contributed by atoms with Gasteiger partial charge in [0.1, 0.15) is 11.9 Å². The highest BCUT2D eigenvalue weighted by Gasteiger charge is 2.53. The van der Waals surface area contributed by atoms with Gasteiger partial charge in [-0.1, -0.05) is 37.3 Å². The van der Waals surface area contributed by atoms with Crippen molar-refractivity contribution < 1.29 is 14.3 Å². The van der Waals surface area contributed by atoms with Crippen molar-refractivity contribution in [2.24, 2.45) is 11.3 Å². The van der Waals surface area contributed by atoms with Crippen molar-refractivity contribution in [3.8, 4) is 16.9 Å². The Morgan fingerprint density at radius 1 is 1.06 bits per heavy atom. The third-order valence-electron chi connectivity index (χ3n) is 8.63. The van der Waals surface area contributed by atoms with Crippen molar-refractivity contribution in [3.05, 3.63) is 53.6 Å². The summed E-state index contributed by atoms with van der Waals surface area (Å²) in [6.45, 7) is 6.07. The van der Waals surface area contributed by atoms with Crippen LogP contribution in [0, 0.1) is 11.3 Å². The maximum atomic E-state index is 13.0. The van der Waals surface area contributed by atoms with Crippen molar-refractivity contribution in [2.75, 3.05) is 26.2 Å². The normalized spacial score (nSPS) is 28.3. The molecule has 3 aliphatic heterocycles. The molecular formula is C29H36N2O3. The fourth-order valence-corrected chi connectivity index (χ4v) is 6.37. The van der Waals surface area contributed by atoms with Crippen LogP contribution < -0.4 is 10.1 Å². The molecule has 1 amide bonds. The van der Waals surface area contributed by atoms with Crippen LogP contribution in [0.2, 0.25) is 0 Å². The van der Waals surface area contributed by atoms with Gasteiger partial charge < -0.3 is 14.8 Å². The third-order valence-corrected chi connectivity index (χ3v) is 8.63. The number of ether oxygens (including phenoxy) is 2. The quantitative estimate of drug-likeness (QED) is 0.598. The van der Waals surface area contributed by atoms with Gasteiger partial charge in [-0.15, -0.1) is 0 Å². The number of piperidine rings is 3. The van der Waals surface area contributed by atoms with Gasteiger partial charge in [0.15, 0.2) is 0 Å². The lowest BCUT2D eigenvalue weighted by Gasteiger charge is -2.44. The van der Waals surface area contributed by atoms with Crippen molar-refractivity contribution in [1.29, 1.82) is 0 Å². The van der Waals surface area contributed by atoms with E-state index in [0.29, 0.717) is 5.92 Å². The zero-order valence-electron chi connectivity index (χ0n) is 20.2. The summed E-state index contributed by atoms with van der Waals surface area (Å²) in [5, 5.41) is 3.32. The van der Waals surface area contributed by atoms with Crippen molar-refractivity contribution in [2.45, 2.75) is 64.0 Å². The molecule has 2 aromatic carbocycles. The first-order chi connectivity index (χ1) is 16.6. The van der Waals surface area contributed by atoms with Crippen LogP contribution in [0.15, 0.2) is 42.5 Å². The number of rotatable bonds is 6. The summed E-state index contributed by atoms with van der Waals surface area (Å²) in [5.41, 5.74) is 5.28. The van der Waals surface area contributed by atoms with E-state index in [1.807, 2.05) is 0 Å². The van der Waals surface area contributed by atoms with E-state index in [4.69, 9.17) is 9.47 Å². The molecular weight excluding hydrogens is 424 g/mol. The van der Waals surface area contributed by atoms with Gasteiger partial charge in [0.05, 0.1) is 12.6 Å². The van der Waals surface area contributed by atoms with Crippen LogP contribution in [-0.4, -0.2) is 43.3 Å². The maximum absolute atomic E-state index is 13.0. The Labute approximate surface area is 202 Å². The highest BCUT2D eigenvalue weighted by Crippen LogP contribution is 2.61. The van der Waals surface area contributed by atoms with E-state index in [1.54, 1.807) is 0 Å². The number of amides is 1. The van der Waals surface area contributed by atoms with Crippen LogP contribution in [0.5, 0.6) is 5.75 Å². The summed E-state index contributed by atoms with van der Waals surface area (Å²) in [7, 11) is 0. The molecule has 180 valence electrons. The highest BCUT2D eigenvalue weighted by atomic mass is 16.6. The fourth-order valence-electron chi connectivity index (χ4n) is 6.37. The van der Waals surface area contributed by atoms with Gasteiger partial charge in [0, 0.05) is 6.54 Å². The van der Waals surface area contributed by atoms with Gasteiger partial charge in [0.2, 0.25) is 0 Å². The van der Waals surface area contributed by atoms with Gasteiger partial charge in [-0.25, -0.2) is 4.79 Å². The van der Waals surface area contributed by atoms with Crippen LogP contribution in [0.4, 0.5) is 4.79 Å². The number of benzene rings is 2. The van der Waals surface area contributed by atoms with Crippen LogP contribution in [0.25, 0.3) is 11.1 Å². The number of carbonyl (C=O) groups excluding carboxylic acids is 1. The van der Waals surface area contributed by atoms with Crippen LogP contribution >= 0.6 is 0 Å². The maximum Gasteiger partial charge on any atom is 0.407 e. The number of nitrogens with zero attached hydrogens (tertiary/aromatic N) is 1. The molecule has 2 atom stereocenters. The molecule has 34 heavy (non-hydrogen) atoms. The van der Waals surface area contributed by atoms with E-state index in [1.165, 1.54) is 35.1 Å². The van der Waals surface area contributed by atoms with E-state index >= 15 is 0 Å². The molecule has 3 saturated heterocycles. The van der Waals surface area contributed by atoms with E-state index in [-0.39, 0.29) is 23.7 Å². The first-order valence-corrected chi connectivity index (χ1v) is 13.2. The predicted molar refractivity (Wildman–Crippen MR) is 133 cm³/mol. The average Bonchev–Trinajstić information content (AvgIpc) is 3.66. The van der Waals surface area contributed by atoms with Gasteiger partial charge in [0.25, 0.3) is 0 Å². The Morgan fingerprint density at radius 2 is 1.82 bits per heavy atom. The van der Waals surface area contributed by atoms with Gasteiger partial charge in [-0.2, -0.15) is 0 Å². The molecule has 7 rings (SSSR count). The number of carbonyl (C=O) groups is 1. The molecule has 1 spiro atoms. The Morgan fingerprint density at radius 3 is 2.50 bits per heavy atom. The topological polar surface area (TPSA) is 50.8 Å². The summed E-state index contributed by atoms with van der Waals surface area (Å²) in [5.74, 6) is 1.45. The summed E-state index contributed by atoms with van der Waals surface area (Å²) in [6.07, 6.45) is 7.74. The summed E-state index contributed by atoms with van der Waals surface area (Å²) in [4.78, 5) is 15.4. The minimum absolute atomic E-state index is 0.0485. The number of nitrogens with one attached hydrogen (secondary N) is 1. The number of aryl methyl sites for hydroxylation is 1. The van der Waals surface area contributed by atoms with E-state index in [2.05, 4.69) is 59.6 Å². The van der Waals surface area contributed by atoms with Crippen molar-refractivity contribution >= 4 is 6.09 Å². The van der Waals surface area contributed by atoms with Crippen molar-refractivity contribution in [3.63, 3.8) is 0 Å². The Hall–Kier alpha value is -2.53. The Kier molecular flexibility index (Phi) is 5.76. The van der Waals surface area contributed by atoms with E-state index < -0.39 is 0 Å². The first-order valence-electron chi connectivity index (χ1n) is 13.2. The fraction of sp³-hybridized carbons (Fsp3) is 0.552. The molecule has 4 fully saturated rings. The molecule has 2 bridgehead atoms. The second-order valence-electron chi connectivity index (χ2n) is 10.8. The zero-order valence-corrected chi connectivity index (χ0v) is 20.2. The number of fused-ring (bicyclic) bond motifs is 4. The minimum atomic E-state index is -0.227. The molecule has 0 aromatic heterocycles. The zero-order chi connectivity index (χ0) is 23.1. The van der Waals surface area contributed by atoms with Crippen molar-refractivity contribution in [1.82, 2.24) is 10.2 Å². The van der Waals surface area contributed by atoms with Gasteiger partial charge in [-0.3, -0.25) is 4.90 Å². The Bertz CT molecular complexity index is 1040. The molecule has 5 aliphatic rings. The molecule has 1 unspecified atom stereocenters. The lowest BCUT2D eigenvalue weighted by Crippen LogP contribution is -2.53. The first kappa shape index (κ1) is 22.0. The molecule has 2 aromatic rings.